The third kappa shape index (κ3) is 2.54. The highest BCUT2D eigenvalue weighted by molar-refractivity contribution is 6.10. The Morgan fingerprint density at radius 3 is 2.67 bits per heavy atom. The van der Waals surface area contributed by atoms with Crippen molar-refractivity contribution in [3.8, 4) is 5.75 Å². The van der Waals surface area contributed by atoms with Crippen LogP contribution in [0.5, 0.6) is 5.75 Å². The fourth-order valence-corrected chi connectivity index (χ4v) is 2.10. The number of carbonyl (C=O) groups excluding carboxylic acids is 3. The molecular weight excluding hydrogens is 274 g/mol. The molecule has 0 atom stereocenters. The Hall–Kier alpha value is -2.57. The first-order chi connectivity index (χ1) is 9.77. The second-order valence-electron chi connectivity index (χ2n) is 5.28. The van der Waals surface area contributed by atoms with Crippen LogP contribution in [-0.2, 0) is 9.59 Å². The van der Waals surface area contributed by atoms with Gasteiger partial charge in [0.15, 0.2) is 0 Å². The molecule has 0 aliphatic carbocycles. The van der Waals surface area contributed by atoms with E-state index in [1.54, 1.807) is 26.0 Å². The lowest BCUT2D eigenvalue weighted by Crippen LogP contribution is -2.65. The Kier molecular flexibility index (Phi) is 3.59. The number of ether oxygens (including phenoxy) is 1. The maximum Gasteiger partial charge on any atom is 0.257 e. The van der Waals surface area contributed by atoms with Crippen molar-refractivity contribution in [2.24, 2.45) is 0 Å². The molecule has 1 aromatic carbocycles. The van der Waals surface area contributed by atoms with Crippen molar-refractivity contribution in [2.45, 2.75) is 19.4 Å². The SMILES string of the molecule is COc1ccc(N)c(C(=O)N2CC(=O)NC(=O)C2(C)C)c1. The molecule has 21 heavy (non-hydrogen) atoms. The standard InChI is InChI=1S/C14H17N3O4/c1-14(2)13(20)16-11(18)7-17(14)12(19)9-6-8(21-3)4-5-10(9)15/h4-6H,7,15H2,1-3H3,(H,16,18,20). The second-order valence-corrected chi connectivity index (χ2v) is 5.28. The van der Waals surface area contributed by atoms with Crippen LogP contribution < -0.4 is 15.8 Å². The normalized spacial score (nSPS) is 17.4. The number of anilines is 1. The molecule has 3 amide bonds. The number of piperazine rings is 1. The Morgan fingerprint density at radius 1 is 1.38 bits per heavy atom. The molecule has 0 radical (unpaired) electrons. The number of imide groups is 1. The molecule has 1 heterocycles. The fourth-order valence-electron chi connectivity index (χ4n) is 2.10. The van der Waals surface area contributed by atoms with Gasteiger partial charge in [-0.1, -0.05) is 0 Å². The van der Waals surface area contributed by atoms with E-state index in [2.05, 4.69) is 5.32 Å². The molecule has 7 nitrogen and oxygen atoms in total. The number of hydrogen-bond acceptors (Lipinski definition) is 5. The van der Waals surface area contributed by atoms with E-state index < -0.39 is 23.3 Å². The lowest BCUT2D eigenvalue weighted by Gasteiger charge is -2.40. The highest BCUT2D eigenvalue weighted by atomic mass is 16.5. The summed E-state index contributed by atoms with van der Waals surface area (Å²) in [6, 6.07) is 4.67. The fraction of sp³-hybridized carbons (Fsp3) is 0.357. The largest absolute Gasteiger partial charge is 0.497 e. The Bertz CT molecular complexity index is 625. The third-order valence-corrected chi connectivity index (χ3v) is 3.52. The zero-order chi connectivity index (χ0) is 15.8. The number of nitrogen functional groups attached to an aromatic ring is 1. The van der Waals surface area contributed by atoms with E-state index in [-0.39, 0.29) is 17.8 Å². The van der Waals surface area contributed by atoms with Gasteiger partial charge in [-0.2, -0.15) is 0 Å². The molecule has 1 saturated heterocycles. The van der Waals surface area contributed by atoms with Crippen molar-refractivity contribution >= 4 is 23.4 Å². The molecule has 0 unspecified atom stereocenters. The minimum absolute atomic E-state index is 0.199. The first-order valence-corrected chi connectivity index (χ1v) is 6.37. The van der Waals surface area contributed by atoms with Crippen LogP contribution in [0.25, 0.3) is 0 Å². The number of nitrogens with two attached hydrogens (primary N) is 1. The van der Waals surface area contributed by atoms with Gasteiger partial charge in [0.1, 0.15) is 17.8 Å². The first kappa shape index (κ1) is 14.8. The van der Waals surface area contributed by atoms with Gasteiger partial charge in [-0.05, 0) is 32.0 Å². The monoisotopic (exact) mass is 291 g/mol. The summed E-state index contributed by atoms with van der Waals surface area (Å²) in [6.45, 7) is 2.94. The number of methoxy groups -OCH3 is 1. The Morgan fingerprint density at radius 2 is 2.05 bits per heavy atom. The predicted octanol–water partition coefficient (Wildman–Crippen LogP) is 0.155. The van der Waals surface area contributed by atoms with E-state index in [1.165, 1.54) is 18.1 Å². The molecule has 7 heteroatoms. The average molecular weight is 291 g/mol. The van der Waals surface area contributed by atoms with Gasteiger partial charge in [-0.25, -0.2) is 0 Å². The van der Waals surface area contributed by atoms with Crippen molar-refractivity contribution < 1.29 is 19.1 Å². The van der Waals surface area contributed by atoms with Crippen LogP contribution >= 0.6 is 0 Å². The predicted molar refractivity (Wildman–Crippen MR) is 75.7 cm³/mol. The summed E-state index contributed by atoms with van der Waals surface area (Å²) in [5.41, 5.74) is 5.14. The molecule has 1 aromatic rings. The third-order valence-electron chi connectivity index (χ3n) is 3.52. The zero-order valence-corrected chi connectivity index (χ0v) is 12.1. The average Bonchev–Trinajstić information content (AvgIpc) is 2.43. The molecule has 0 bridgehead atoms. The number of amides is 3. The van der Waals surface area contributed by atoms with Gasteiger partial charge < -0.3 is 15.4 Å². The van der Waals surface area contributed by atoms with Gasteiger partial charge in [0.25, 0.3) is 11.8 Å². The molecule has 2 rings (SSSR count). The molecule has 1 aliphatic heterocycles. The lowest BCUT2D eigenvalue weighted by molar-refractivity contribution is -0.143. The lowest BCUT2D eigenvalue weighted by atomic mass is 9.97. The smallest absolute Gasteiger partial charge is 0.257 e. The van der Waals surface area contributed by atoms with E-state index in [4.69, 9.17) is 10.5 Å². The summed E-state index contributed by atoms with van der Waals surface area (Å²) in [4.78, 5) is 37.3. The summed E-state index contributed by atoms with van der Waals surface area (Å²) in [5, 5.41) is 2.22. The minimum Gasteiger partial charge on any atom is -0.497 e. The molecule has 1 aliphatic rings. The highest BCUT2D eigenvalue weighted by Gasteiger charge is 2.44. The molecule has 3 N–H and O–H groups in total. The maximum atomic E-state index is 12.7. The van der Waals surface area contributed by atoms with Crippen LogP contribution in [0.15, 0.2) is 18.2 Å². The highest BCUT2D eigenvalue weighted by Crippen LogP contribution is 2.26. The van der Waals surface area contributed by atoms with Crippen LogP contribution in [0.1, 0.15) is 24.2 Å². The Labute approximate surface area is 122 Å². The second kappa shape index (κ2) is 5.08. The minimum atomic E-state index is -1.14. The summed E-state index contributed by atoms with van der Waals surface area (Å²) in [6.07, 6.45) is 0. The summed E-state index contributed by atoms with van der Waals surface area (Å²) in [5.74, 6) is -1.06. The van der Waals surface area contributed by atoms with Gasteiger partial charge in [0, 0.05) is 5.69 Å². The van der Waals surface area contributed by atoms with Crippen molar-refractivity contribution in [3.63, 3.8) is 0 Å². The number of nitrogens with zero attached hydrogens (tertiary/aromatic N) is 1. The number of rotatable bonds is 2. The quantitative estimate of drug-likeness (QED) is 0.597. The van der Waals surface area contributed by atoms with E-state index in [9.17, 15) is 14.4 Å². The van der Waals surface area contributed by atoms with Gasteiger partial charge >= 0.3 is 0 Å². The van der Waals surface area contributed by atoms with E-state index in [1.807, 2.05) is 0 Å². The number of nitrogens with one attached hydrogen (secondary N) is 1. The van der Waals surface area contributed by atoms with Gasteiger partial charge in [-0.15, -0.1) is 0 Å². The van der Waals surface area contributed by atoms with Crippen LogP contribution in [0.2, 0.25) is 0 Å². The molecule has 0 spiro atoms. The van der Waals surface area contributed by atoms with Crippen LogP contribution in [-0.4, -0.2) is 41.8 Å². The van der Waals surface area contributed by atoms with Gasteiger partial charge in [0.05, 0.1) is 12.7 Å². The zero-order valence-electron chi connectivity index (χ0n) is 12.1. The molecule has 1 fully saturated rings. The number of hydrogen-bond donors (Lipinski definition) is 2. The number of benzene rings is 1. The van der Waals surface area contributed by atoms with E-state index in [0.29, 0.717) is 5.75 Å². The van der Waals surface area contributed by atoms with Crippen LogP contribution in [0.3, 0.4) is 0 Å². The first-order valence-electron chi connectivity index (χ1n) is 6.37. The molecular formula is C14H17N3O4. The molecule has 112 valence electrons. The summed E-state index contributed by atoms with van der Waals surface area (Å²) < 4.78 is 5.07. The van der Waals surface area contributed by atoms with Gasteiger partial charge in [-0.3, -0.25) is 19.7 Å². The van der Waals surface area contributed by atoms with Crippen LogP contribution in [0, 0.1) is 0 Å². The van der Waals surface area contributed by atoms with E-state index in [0.717, 1.165) is 0 Å². The van der Waals surface area contributed by atoms with Crippen molar-refractivity contribution in [2.75, 3.05) is 19.4 Å². The van der Waals surface area contributed by atoms with Crippen molar-refractivity contribution in [1.29, 1.82) is 0 Å². The van der Waals surface area contributed by atoms with Gasteiger partial charge in [0.2, 0.25) is 5.91 Å². The van der Waals surface area contributed by atoms with E-state index >= 15 is 0 Å². The maximum absolute atomic E-state index is 12.7. The number of carbonyl (C=O) groups is 3. The van der Waals surface area contributed by atoms with Crippen molar-refractivity contribution in [1.82, 2.24) is 10.2 Å². The Balaban J connectivity index is 2.43. The molecule has 0 saturated carbocycles. The van der Waals surface area contributed by atoms with Crippen molar-refractivity contribution in [3.05, 3.63) is 23.8 Å². The summed E-state index contributed by atoms with van der Waals surface area (Å²) >= 11 is 0. The topological polar surface area (TPSA) is 102 Å². The molecule has 0 aromatic heterocycles. The summed E-state index contributed by atoms with van der Waals surface area (Å²) in [7, 11) is 1.47. The van der Waals surface area contributed by atoms with Crippen LogP contribution in [0.4, 0.5) is 5.69 Å².